The molecule has 10 heteroatoms. The highest BCUT2D eigenvalue weighted by Gasteiger charge is 2.31. The zero-order valence-corrected chi connectivity index (χ0v) is 17.8. The number of carbonyl (C=O) groups excluding carboxylic acids is 1. The Morgan fingerprint density at radius 1 is 1.09 bits per heavy atom. The van der Waals surface area contributed by atoms with Gasteiger partial charge in [0, 0.05) is 17.8 Å². The van der Waals surface area contributed by atoms with Gasteiger partial charge in [-0.15, -0.1) is 4.68 Å². The van der Waals surface area contributed by atoms with Crippen molar-refractivity contribution in [3.63, 3.8) is 0 Å². The number of aromatic nitrogens is 4. The number of methoxy groups -OCH3 is 1. The molecule has 0 spiro atoms. The summed E-state index contributed by atoms with van der Waals surface area (Å²) in [4.78, 5) is 27.9. The summed E-state index contributed by atoms with van der Waals surface area (Å²) in [5.41, 5.74) is -0.301. The molecule has 1 amide bonds. The Labute approximate surface area is 183 Å². The second-order valence-corrected chi connectivity index (χ2v) is 7.75. The zero-order valence-electron chi connectivity index (χ0n) is 17.8. The van der Waals surface area contributed by atoms with Crippen molar-refractivity contribution in [2.75, 3.05) is 12.0 Å². The van der Waals surface area contributed by atoms with Crippen LogP contribution in [0.3, 0.4) is 0 Å². The minimum atomic E-state index is -1.06. The molecule has 0 unspecified atom stereocenters. The largest absolute Gasteiger partial charge is 0.496 e. The van der Waals surface area contributed by atoms with E-state index >= 15 is 0 Å². The van der Waals surface area contributed by atoms with Gasteiger partial charge < -0.3 is 4.74 Å². The van der Waals surface area contributed by atoms with Crippen molar-refractivity contribution in [1.29, 1.82) is 0 Å². The zero-order chi connectivity index (χ0) is 22.8. The average Bonchev–Trinajstić information content (AvgIpc) is 3.16. The fraction of sp³-hybridized carbons (Fsp3) is 0.364. The van der Waals surface area contributed by atoms with Crippen LogP contribution in [0.2, 0.25) is 0 Å². The molecule has 168 valence electrons. The van der Waals surface area contributed by atoms with Crippen LogP contribution in [-0.2, 0) is 0 Å². The molecule has 0 saturated heterocycles. The van der Waals surface area contributed by atoms with Gasteiger partial charge in [0.15, 0.2) is 11.6 Å². The van der Waals surface area contributed by atoms with Crippen LogP contribution in [0.15, 0.2) is 41.2 Å². The number of tetrazole rings is 1. The summed E-state index contributed by atoms with van der Waals surface area (Å²) in [6, 6.07) is 7.60. The van der Waals surface area contributed by atoms with Crippen molar-refractivity contribution in [3.05, 3.63) is 64.1 Å². The molecule has 3 aromatic rings. The fourth-order valence-electron chi connectivity index (χ4n) is 4.08. The number of para-hydroxylation sites is 1. The summed E-state index contributed by atoms with van der Waals surface area (Å²) >= 11 is 0. The molecule has 1 saturated carbocycles. The number of benzene rings is 2. The maximum atomic E-state index is 14.2. The van der Waals surface area contributed by atoms with Gasteiger partial charge in [0.25, 0.3) is 0 Å². The van der Waals surface area contributed by atoms with E-state index < -0.39 is 29.0 Å². The van der Waals surface area contributed by atoms with E-state index in [0.717, 1.165) is 49.8 Å². The number of carbonyl (C=O) groups is 1. The molecule has 1 aliphatic rings. The predicted octanol–water partition coefficient (Wildman–Crippen LogP) is 3.83. The molecule has 4 rings (SSSR count). The number of nitrogens with zero attached hydrogens (tertiary/aromatic N) is 5. The van der Waals surface area contributed by atoms with Gasteiger partial charge in [-0.2, -0.15) is 4.68 Å². The number of ether oxygens (including phenoxy) is 1. The average molecular weight is 443 g/mol. The van der Waals surface area contributed by atoms with Crippen molar-refractivity contribution in [2.45, 2.75) is 45.1 Å². The Morgan fingerprint density at radius 3 is 2.44 bits per heavy atom. The van der Waals surface area contributed by atoms with Gasteiger partial charge in [-0.05, 0) is 54.0 Å². The first kappa shape index (κ1) is 21.7. The predicted molar refractivity (Wildman–Crippen MR) is 113 cm³/mol. The molecule has 1 fully saturated rings. The first-order chi connectivity index (χ1) is 15.4. The van der Waals surface area contributed by atoms with Crippen molar-refractivity contribution in [1.82, 2.24) is 19.8 Å². The third kappa shape index (κ3) is 3.88. The van der Waals surface area contributed by atoms with Crippen LogP contribution in [0.25, 0.3) is 5.69 Å². The highest BCUT2D eigenvalue weighted by Crippen LogP contribution is 2.31. The number of anilines is 1. The molecule has 1 aromatic heterocycles. The van der Waals surface area contributed by atoms with Crippen LogP contribution in [-0.4, -0.2) is 39.0 Å². The minimum Gasteiger partial charge on any atom is -0.496 e. The molecule has 32 heavy (non-hydrogen) atoms. The van der Waals surface area contributed by atoms with Crippen molar-refractivity contribution in [2.24, 2.45) is 0 Å². The van der Waals surface area contributed by atoms with Gasteiger partial charge in [-0.25, -0.2) is 18.4 Å². The first-order valence-corrected chi connectivity index (χ1v) is 10.4. The Balaban J connectivity index is 1.79. The van der Waals surface area contributed by atoms with Crippen molar-refractivity contribution < 1.29 is 18.3 Å². The lowest BCUT2D eigenvalue weighted by Crippen LogP contribution is -2.47. The SMILES string of the molecule is COc1cc(N(C(=O)n2nnn(-c3c(F)cccc3F)c2=O)C2CCCCC2)ccc1C. The van der Waals surface area contributed by atoms with E-state index in [2.05, 4.69) is 10.4 Å². The molecule has 8 nitrogen and oxygen atoms in total. The number of hydrogen-bond donors (Lipinski definition) is 0. The number of halogens is 2. The topological polar surface area (TPSA) is 82.2 Å². The molecule has 1 heterocycles. The lowest BCUT2D eigenvalue weighted by atomic mass is 9.94. The molecular weight excluding hydrogens is 420 g/mol. The van der Waals surface area contributed by atoms with E-state index in [4.69, 9.17) is 4.74 Å². The summed E-state index contributed by atoms with van der Waals surface area (Å²) in [7, 11) is 1.54. The Kier molecular flexibility index (Phi) is 6.02. The quantitative estimate of drug-likeness (QED) is 0.573. The van der Waals surface area contributed by atoms with E-state index in [1.807, 2.05) is 13.0 Å². The molecule has 1 aliphatic carbocycles. The lowest BCUT2D eigenvalue weighted by molar-refractivity contribution is 0.238. The first-order valence-electron chi connectivity index (χ1n) is 10.4. The van der Waals surface area contributed by atoms with E-state index in [1.54, 1.807) is 12.1 Å². The van der Waals surface area contributed by atoms with Crippen molar-refractivity contribution in [3.8, 4) is 11.4 Å². The lowest BCUT2D eigenvalue weighted by Gasteiger charge is -2.33. The summed E-state index contributed by atoms with van der Waals surface area (Å²) in [5.74, 6) is -1.38. The molecule has 0 atom stereocenters. The molecule has 0 bridgehead atoms. The monoisotopic (exact) mass is 443 g/mol. The standard InChI is InChI=1S/C22H23F2N5O3/c1-14-11-12-16(13-19(14)32-2)27(15-7-4-3-5-8-15)21(30)29-22(31)28(25-26-29)20-17(23)9-6-10-18(20)24/h6,9-13,15H,3-5,7-8H2,1-2H3. The van der Waals surface area contributed by atoms with Gasteiger partial charge in [0.2, 0.25) is 0 Å². The third-order valence-electron chi connectivity index (χ3n) is 5.73. The maximum Gasteiger partial charge on any atom is 0.377 e. The number of amides is 1. The van der Waals surface area contributed by atoms with Gasteiger partial charge in [0.1, 0.15) is 11.4 Å². The van der Waals surface area contributed by atoms with Crippen LogP contribution in [0, 0.1) is 18.6 Å². The minimum absolute atomic E-state index is 0.161. The third-order valence-corrected chi connectivity index (χ3v) is 5.73. The molecule has 0 radical (unpaired) electrons. The Bertz CT molecular complexity index is 1180. The Hall–Kier alpha value is -3.56. The Morgan fingerprint density at radius 2 is 1.78 bits per heavy atom. The van der Waals surface area contributed by atoms with Gasteiger partial charge in [0.05, 0.1) is 7.11 Å². The van der Waals surface area contributed by atoms with Crippen molar-refractivity contribution >= 4 is 11.7 Å². The second kappa shape index (κ2) is 8.89. The summed E-state index contributed by atoms with van der Waals surface area (Å²) < 4.78 is 34.7. The molecular formula is C22H23F2N5O3. The fourth-order valence-corrected chi connectivity index (χ4v) is 4.08. The maximum absolute atomic E-state index is 14.2. The number of hydrogen-bond acceptors (Lipinski definition) is 5. The molecule has 0 aliphatic heterocycles. The van der Waals surface area contributed by atoms with Crippen LogP contribution < -0.4 is 15.3 Å². The second-order valence-electron chi connectivity index (χ2n) is 7.75. The van der Waals surface area contributed by atoms with Crippen LogP contribution in [0.4, 0.5) is 19.3 Å². The van der Waals surface area contributed by atoms with Crippen LogP contribution in [0.5, 0.6) is 5.75 Å². The highest BCUT2D eigenvalue weighted by molar-refractivity contribution is 5.93. The summed E-state index contributed by atoms with van der Waals surface area (Å²) in [6.07, 6.45) is 4.47. The number of rotatable bonds is 4. The van der Waals surface area contributed by atoms with E-state index in [1.165, 1.54) is 18.1 Å². The smallest absolute Gasteiger partial charge is 0.377 e. The van der Waals surface area contributed by atoms with Crippen LogP contribution >= 0.6 is 0 Å². The summed E-state index contributed by atoms with van der Waals surface area (Å²) in [5, 5.41) is 7.20. The van der Waals surface area contributed by atoms with Crippen LogP contribution in [0.1, 0.15) is 37.7 Å². The normalized spacial score (nSPS) is 14.4. The van der Waals surface area contributed by atoms with Gasteiger partial charge >= 0.3 is 11.7 Å². The molecule has 0 N–H and O–H groups in total. The van der Waals surface area contributed by atoms with Gasteiger partial charge in [-0.3, -0.25) is 4.90 Å². The van der Waals surface area contributed by atoms with E-state index in [9.17, 15) is 18.4 Å². The highest BCUT2D eigenvalue weighted by atomic mass is 19.1. The van der Waals surface area contributed by atoms with E-state index in [0.29, 0.717) is 20.8 Å². The number of aryl methyl sites for hydroxylation is 1. The van der Waals surface area contributed by atoms with E-state index in [-0.39, 0.29) is 6.04 Å². The van der Waals surface area contributed by atoms with Gasteiger partial charge in [-0.1, -0.05) is 31.4 Å². The summed E-state index contributed by atoms with van der Waals surface area (Å²) in [6.45, 7) is 1.88. The molecule has 2 aromatic carbocycles.